The van der Waals surface area contributed by atoms with Crippen molar-refractivity contribution in [1.29, 1.82) is 0 Å². The second-order valence-corrected chi connectivity index (χ2v) is 7.55. The smallest absolute Gasteiger partial charge is 0.305 e. The first-order chi connectivity index (χ1) is 13.4. The molecule has 0 aliphatic carbocycles. The van der Waals surface area contributed by atoms with Crippen LogP contribution in [-0.4, -0.2) is 36.9 Å². The van der Waals surface area contributed by atoms with E-state index in [0.717, 1.165) is 24.8 Å². The number of unbranched alkanes of at least 4 members (excludes halogenated alkanes) is 2. The topological polar surface area (TPSA) is 75.0 Å². The Kier molecular flexibility index (Phi) is 8.45. The molecule has 2 heterocycles. The van der Waals surface area contributed by atoms with Crippen LogP contribution in [0.3, 0.4) is 0 Å². The number of ether oxygens (including phenoxy) is 3. The van der Waals surface area contributed by atoms with Crippen LogP contribution in [0.25, 0.3) is 6.08 Å². The molecule has 2 rings (SSSR count). The molecule has 1 aliphatic rings. The summed E-state index contributed by atoms with van der Waals surface area (Å²) in [6.07, 6.45) is 10.1. The van der Waals surface area contributed by atoms with Crippen molar-refractivity contribution >= 4 is 17.8 Å². The summed E-state index contributed by atoms with van der Waals surface area (Å²) in [4.78, 5) is 23.7. The third kappa shape index (κ3) is 6.60. The first-order valence-electron chi connectivity index (χ1n) is 10.1. The van der Waals surface area contributed by atoms with Gasteiger partial charge >= 0.3 is 5.97 Å². The largest absolute Gasteiger partial charge is 0.469 e. The number of hydrogen-bond acceptors (Lipinski definition) is 6. The van der Waals surface area contributed by atoms with E-state index < -0.39 is 5.79 Å². The number of Topliss-reactive ketones (excluding diaryl/α,β-unsaturated/α-hetero) is 1. The van der Waals surface area contributed by atoms with Crippen LogP contribution in [-0.2, 0) is 19.0 Å². The van der Waals surface area contributed by atoms with Gasteiger partial charge in [0.1, 0.15) is 6.10 Å². The van der Waals surface area contributed by atoms with Crippen molar-refractivity contribution in [2.45, 2.75) is 83.7 Å². The molecule has 2 atom stereocenters. The molecule has 156 valence electrons. The van der Waals surface area contributed by atoms with Crippen molar-refractivity contribution < 1.29 is 28.2 Å². The Hall–Kier alpha value is -1.92. The summed E-state index contributed by atoms with van der Waals surface area (Å²) in [7, 11) is 1.39. The van der Waals surface area contributed by atoms with E-state index >= 15 is 0 Å². The molecule has 0 aromatic carbocycles. The van der Waals surface area contributed by atoms with Crippen LogP contribution in [0.15, 0.2) is 22.8 Å². The lowest BCUT2D eigenvalue weighted by molar-refractivity contribution is -0.144. The van der Waals surface area contributed by atoms with Crippen molar-refractivity contribution in [3.8, 4) is 0 Å². The van der Waals surface area contributed by atoms with Gasteiger partial charge in [-0.05, 0) is 39.2 Å². The fourth-order valence-electron chi connectivity index (χ4n) is 3.32. The molecule has 0 spiro atoms. The van der Waals surface area contributed by atoms with Gasteiger partial charge < -0.3 is 18.6 Å². The Morgan fingerprint density at radius 1 is 1.18 bits per heavy atom. The van der Waals surface area contributed by atoms with Crippen LogP contribution in [0.4, 0.5) is 0 Å². The highest BCUT2D eigenvalue weighted by atomic mass is 16.7. The van der Waals surface area contributed by atoms with Crippen LogP contribution < -0.4 is 0 Å². The van der Waals surface area contributed by atoms with Gasteiger partial charge in [0.25, 0.3) is 0 Å². The summed E-state index contributed by atoms with van der Waals surface area (Å²) >= 11 is 0. The molecule has 0 N–H and O–H groups in total. The molecule has 28 heavy (non-hydrogen) atoms. The highest BCUT2D eigenvalue weighted by molar-refractivity contribution is 5.96. The highest BCUT2D eigenvalue weighted by Crippen LogP contribution is 2.32. The van der Waals surface area contributed by atoms with Gasteiger partial charge in [0.15, 0.2) is 17.3 Å². The monoisotopic (exact) mass is 392 g/mol. The number of rotatable bonds is 11. The molecule has 1 aromatic rings. The van der Waals surface area contributed by atoms with Crippen LogP contribution in [0.1, 0.15) is 81.8 Å². The van der Waals surface area contributed by atoms with Gasteiger partial charge in [0.2, 0.25) is 0 Å². The van der Waals surface area contributed by atoms with Crippen molar-refractivity contribution in [2.24, 2.45) is 0 Å². The van der Waals surface area contributed by atoms with E-state index in [9.17, 15) is 9.59 Å². The van der Waals surface area contributed by atoms with Gasteiger partial charge in [0, 0.05) is 18.4 Å². The lowest BCUT2D eigenvalue weighted by atomic mass is 10.0. The molecule has 1 aromatic heterocycles. The van der Waals surface area contributed by atoms with Gasteiger partial charge in [-0.3, -0.25) is 9.59 Å². The van der Waals surface area contributed by atoms with E-state index in [4.69, 9.17) is 13.9 Å². The van der Waals surface area contributed by atoms with Crippen molar-refractivity contribution in [3.05, 3.63) is 29.7 Å². The Labute approximate surface area is 167 Å². The Morgan fingerprint density at radius 2 is 1.96 bits per heavy atom. The molecule has 1 saturated heterocycles. The minimum atomic E-state index is -0.694. The van der Waals surface area contributed by atoms with E-state index in [-0.39, 0.29) is 24.0 Å². The minimum absolute atomic E-state index is 0.0247. The Morgan fingerprint density at radius 3 is 2.68 bits per heavy atom. The molecule has 6 heteroatoms. The number of methoxy groups -OCH3 is 1. The predicted octanol–water partition coefficient (Wildman–Crippen LogP) is 4.92. The molecule has 1 fully saturated rings. The molecular weight excluding hydrogens is 360 g/mol. The van der Waals surface area contributed by atoms with Gasteiger partial charge in [-0.2, -0.15) is 0 Å². The lowest BCUT2D eigenvalue weighted by Gasteiger charge is -2.16. The fraction of sp³-hybridized carbons (Fsp3) is 0.636. The number of carbonyl (C=O) groups excluding carboxylic acids is 2. The van der Waals surface area contributed by atoms with Crippen LogP contribution in [0.5, 0.6) is 0 Å². The molecule has 0 bridgehead atoms. The normalized spacial score (nSPS) is 21.3. The zero-order valence-electron chi connectivity index (χ0n) is 17.4. The number of hydrogen-bond donors (Lipinski definition) is 0. The van der Waals surface area contributed by atoms with E-state index in [1.165, 1.54) is 13.4 Å². The number of esters is 1. The van der Waals surface area contributed by atoms with Crippen molar-refractivity contribution in [1.82, 2.24) is 0 Å². The molecular formula is C22H32O6. The lowest BCUT2D eigenvalue weighted by Crippen LogP contribution is -2.21. The summed E-state index contributed by atoms with van der Waals surface area (Å²) in [5.74, 6) is -0.501. The third-order valence-electron chi connectivity index (χ3n) is 4.74. The maximum Gasteiger partial charge on any atom is 0.305 e. The first-order valence-corrected chi connectivity index (χ1v) is 10.1. The van der Waals surface area contributed by atoms with Gasteiger partial charge in [0.05, 0.1) is 19.5 Å². The van der Waals surface area contributed by atoms with Gasteiger partial charge in [-0.25, -0.2) is 0 Å². The van der Waals surface area contributed by atoms with Crippen LogP contribution in [0.2, 0.25) is 0 Å². The van der Waals surface area contributed by atoms with E-state index in [2.05, 4.69) is 11.7 Å². The number of furan rings is 1. The zero-order valence-corrected chi connectivity index (χ0v) is 17.4. The van der Waals surface area contributed by atoms with Crippen LogP contribution in [0, 0.1) is 0 Å². The summed E-state index contributed by atoms with van der Waals surface area (Å²) < 4.78 is 22.1. The van der Waals surface area contributed by atoms with Gasteiger partial charge in [-0.15, -0.1) is 0 Å². The molecule has 0 amide bonds. The SMILES string of the molecule is CCCCCC(=O)c1occc1/C=C/[C@H]1OC(C)(C)O[C@H]1CCCC(=O)OC. The minimum Gasteiger partial charge on any atom is -0.469 e. The van der Waals surface area contributed by atoms with Crippen LogP contribution >= 0.6 is 0 Å². The summed E-state index contributed by atoms with van der Waals surface area (Å²) in [6.45, 7) is 5.85. The average molecular weight is 392 g/mol. The first kappa shape index (κ1) is 22.4. The second-order valence-electron chi connectivity index (χ2n) is 7.55. The molecule has 0 radical (unpaired) electrons. The quantitative estimate of drug-likeness (QED) is 0.302. The third-order valence-corrected chi connectivity index (χ3v) is 4.74. The maximum absolute atomic E-state index is 12.4. The second kappa shape index (κ2) is 10.6. The highest BCUT2D eigenvalue weighted by Gasteiger charge is 2.39. The van der Waals surface area contributed by atoms with E-state index in [1.54, 1.807) is 6.07 Å². The summed E-state index contributed by atoms with van der Waals surface area (Å²) in [6, 6.07) is 1.79. The summed E-state index contributed by atoms with van der Waals surface area (Å²) in [5.41, 5.74) is 0.753. The Bertz CT molecular complexity index is 672. The summed E-state index contributed by atoms with van der Waals surface area (Å²) in [5, 5.41) is 0. The van der Waals surface area contributed by atoms with E-state index in [0.29, 0.717) is 31.4 Å². The predicted molar refractivity (Wildman–Crippen MR) is 106 cm³/mol. The number of carbonyl (C=O) groups is 2. The molecule has 0 unspecified atom stereocenters. The fourth-order valence-corrected chi connectivity index (χ4v) is 3.32. The van der Waals surface area contributed by atoms with E-state index in [1.807, 2.05) is 26.0 Å². The molecule has 0 saturated carbocycles. The number of ketones is 1. The van der Waals surface area contributed by atoms with Crippen molar-refractivity contribution in [2.75, 3.05) is 7.11 Å². The Balaban J connectivity index is 2.00. The van der Waals surface area contributed by atoms with Crippen molar-refractivity contribution in [3.63, 3.8) is 0 Å². The average Bonchev–Trinajstić information content (AvgIpc) is 3.23. The standard InChI is InChI=1S/C22H32O6/c1-5-6-7-9-17(23)21-16(14-15-26-21)12-13-19-18(27-22(2,3)28-19)10-8-11-20(24)25-4/h12-15,18-19H,5-11H2,1-4H3/b13-12+/t18-,19+/m0/s1. The zero-order chi connectivity index (χ0) is 20.6. The van der Waals surface area contributed by atoms with Gasteiger partial charge in [-0.1, -0.05) is 31.9 Å². The molecule has 6 nitrogen and oxygen atoms in total. The maximum atomic E-state index is 12.4. The molecule has 1 aliphatic heterocycles.